The van der Waals surface area contributed by atoms with E-state index >= 15 is 0 Å². The lowest BCUT2D eigenvalue weighted by Gasteiger charge is -2.42. The molecule has 0 radical (unpaired) electrons. The summed E-state index contributed by atoms with van der Waals surface area (Å²) in [7, 11) is 4.09. The third-order valence-electron chi connectivity index (χ3n) is 9.07. The number of carbonyl (C=O) groups is 2. The van der Waals surface area contributed by atoms with Crippen LogP contribution in [0.25, 0.3) is 5.57 Å². The van der Waals surface area contributed by atoms with Gasteiger partial charge in [0, 0.05) is 48.6 Å². The lowest BCUT2D eigenvalue weighted by molar-refractivity contribution is -0.139. The molecule has 0 bridgehead atoms. The molecule has 0 aliphatic carbocycles. The minimum atomic E-state index is -0.678. The van der Waals surface area contributed by atoms with Gasteiger partial charge in [0.2, 0.25) is 5.91 Å². The fourth-order valence-corrected chi connectivity index (χ4v) is 7.04. The Morgan fingerprint density at radius 1 is 1.00 bits per heavy atom. The van der Waals surface area contributed by atoms with Crippen molar-refractivity contribution in [3.63, 3.8) is 0 Å². The summed E-state index contributed by atoms with van der Waals surface area (Å²) in [5, 5.41) is 3.07. The number of amidine groups is 1. The van der Waals surface area contributed by atoms with Crippen molar-refractivity contribution in [1.82, 2.24) is 15.1 Å². The van der Waals surface area contributed by atoms with E-state index in [2.05, 4.69) is 54.6 Å². The van der Waals surface area contributed by atoms with Crippen LogP contribution in [-0.2, 0) is 16.6 Å². The molecule has 0 unspecified atom stereocenters. The summed E-state index contributed by atoms with van der Waals surface area (Å²) >= 11 is 1.48. The lowest BCUT2D eigenvalue weighted by Crippen LogP contribution is -2.59. The highest BCUT2D eigenvalue weighted by molar-refractivity contribution is 7.14. The van der Waals surface area contributed by atoms with E-state index in [1.807, 2.05) is 86.6 Å². The van der Waals surface area contributed by atoms with Crippen LogP contribution in [-0.4, -0.2) is 80.5 Å². The summed E-state index contributed by atoms with van der Waals surface area (Å²) in [6.45, 7) is 17.5. The van der Waals surface area contributed by atoms with Crippen LogP contribution in [0.4, 0.5) is 0 Å². The molecule has 3 aromatic rings. The highest BCUT2D eigenvalue weighted by atomic mass is 32.1. The molecule has 51 heavy (non-hydrogen) atoms. The van der Waals surface area contributed by atoms with Gasteiger partial charge in [-0.15, -0.1) is 11.3 Å². The predicted molar refractivity (Wildman–Crippen MR) is 213 cm³/mol. The maximum absolute atomic E-state index is 13.7. The normalized spacial score (nSPS) is 14.7. The van der Waals surface area contributed by atoms with Crippen molar-refractivity contribution in [1.29, 1.82) is 0 Å². The van der Waals surface area contributed by atoms with Gasteiger partial charge in [-0.3, -0.25) is 9.59 Å². The van der Waals surface area contributed by atoms with Crippen molar-refractivity contribution in [3.05, 3.63) is 93.3 Å². The predicted octanol–water partition coefficient (Wildman–Crippen LogP) is 8.26. The van der Waals surface area contributed by atoms with Gasteiger partial charge >= 0.3 is 0 Å². The van der Waals surface area contributed by atoms with Crippen molar-refractivity contribution < 1.29 is 14.3 Å². The minimum Gasteiger partial charge on any atom is -0.494 e. The average molecular weight is 712 g/mol. The molecule has 1 aliphatic rings. The number of ether oxygens (including phenoxy) is 1. The molecule has 2 aromatic carbocycles. The molecule has 1 fully saturated rings. The van der Waals surface area contributed by atoms with Gasteiger partial charge in [0.05, 0.1) is 11.5 Å². The summed E-state index contributed by atoms with van der Waals surface area (Å²) in [4.78, 5) is 41.7. The Hall–Kier alpha value is -4.08. The first-order chi connectivity index (χ1) is 24.4. The first kappa shape index (κ1) is 39.7. The molecule has 4 rings (SSSR count). The molecular weight excluding hydrogens is 655 g/mol. The van der Waals surface area contributed by atoms with Crippen molar-refractivity contribution in [2.24, 2.45) is 15.9 Å². The fourth-order valence-electron chi connectivity index (χ4n) is 6.07. The van der Waals surface area contributed by atoms with Crippen LogP contribution in [0, 0.1) is 5.92 Å². The molecule has 2 amide bonds. The van der Waals surface area contributed by atoms with Gasteiger partial charge in [-0.2, -0.15) is 0 Å². The smallest absolute Gasteiger partial charge is 0.262 e. The van der Waals surface area contributed by atoms with E-state index in [1.54, 1.807) is 6.20 Å². The van der Waals surface area contributed by atoms with Crippen molar-refractivity contribution in [2.75, 3.05) is 40.3 Å². The van der Waals surface area contributed by atoms with Gasteiger partial charge < -0.3 is 19.9 Å². The third-order valence-corrected chi connectivity index (χ3v) is 10.6. The second kappa shape index (κ2) is 19.0. The molecule has 1 aliphatic heterocycles. The summed E-state index contributed by atoms with van der Waals surface area (Å²) in [6.07, 6.45) is 8.26. The summed E-state index contributed by atoms with van der Waals surface area (Å²) in [5.41, 5.74) is 3.75. The van der Waals surface area contributed by atoms with E-state index in [0.29, 0.717) is 36.1 Å². The van der Waals surface area contributed by atoms with Crippen LogP contribution >= 0.6 is 11.3 Å². The van der Waals surface area contributed by atoms with E-state index in [1.165, 1.54) is 37.0 Å². The lowest BCUT2D eigenvalue weighted by atomic mass is 9.95. The van der Waals surface area contributed by atoms with Gasteiger partial charge in [-0.05, 0) is 80.5 Å². The van der Waals surface area contributed by atoms with E-state index < -0.39 is 6.04 Å². The largest absolute Gasteiger partial charge is 0.494 e. The molecule has 8 nitrogen and oxygen atoms in total. The highest BCUT2D eigenvalue weighted by Crippen LogP contribution is 2.30. The second-order valence-electron chi connectivity index (χ2n) is 14.9. The van der Waals surface area contributed by atoms with Gasteiger partial charge in [0.25, 0.3) is 5.91 Å². The van der Waals surface area contributed by atoms with Gasteiger partial charge in [0.1, 0.15) is 11.8 Å². The Bertz CT molecular complexity index is 1640. The molecule has 0 spiro atoms. The summed E-state index contributed by atoms with van der Waals surface area (Å²) < 4.78 is 5.92. The maximum Gasteiger partial charge on any atom is 0.262 e. The number of carbonyl (C=O) groups excluding carboxylic acids is 2. The van der Waals surface area contributed by atoms with Crippen molar-refractivity contribution >= 4 is 41.3 Å². The SMILES string of the molecule is C=N/C(=N\C=C(/C)c1ccc(OCCCCCCC)cc1)c1ccc(C[C@H](NC(=O)c2ccc(C(C)(C)C)s2)C(=O)N2CC(CN(C)C)C2)cc1. The Kier molecular flexibility index (Phi) is 14.8. The van der Waals surface area contributed by atoms with Crippen LogP contribution in [0.15, 0.2) is 76.8 Å². The summed E-state index contributed by atoms with van der Waals surface area (Å²) in [6, 6.07) is 19.1. The third kappa shape index (κ3) is 12.0. The first-order valence-corrected chi connectivity index (χ1v) is 19.1. The Morgan fingerprint density at radius 3 is 2.27 bits per heavy atom. The van der Waals surface area contributed by atoms with Crippen LogP contribution in [0.3, 0.4) is 0 Å². The topological polar surface area (TPSA) is 86.6 Å². The number of rotatable bonds is 17. The van der Waals surface area contributed by atoms with Gasteiger partial charge in [0.15, 0.2) is 5.84 Å². The number of nitrogens with zero attached hydrogens (tertiary/aromatic N) is 4. The van der Waals surface area contributed by atoms with Crippen LogP contribution in [0.1, 0.15) is 98.0 Å². The molecule has 9 heteroatoms. The number of aliphatic imine (C=N–C) groups is 2. The minimum absolute atomic E-state index is 0.0485. The molecule has 1 N–H and O–H groups in total. The number of nitrogens with one attached hydrogen (secondary N) is 1. The van der Waals surface area contributed by atoms with Crippen LogP contribution in [0.5, 0.6) is 5.75 Å². The number of unbranched alkanes of at least 4 members (excludes halogenated alkanes) is 4. The van der Waals surface area contributed by atoms with Crippen molar-refractivity contribution in [2.45, 2.75) is 84.6 Å². The number of hydrogen-bond acceptors (Lipinski definition) is 6. The fraction of sp³-hybridized carbons (Fsp3) is 0.476. The molecule has 274 valence electrons. The molecular formula is C42H57N5O3S. The van der Waals surface area contributed by atoms with E-state index in [-0.39, 0.29) is 17.2 Å². The molecule has 0 saturated carbocycles. The maximum atomic E-state index is 13.7. The number of thiophene rings is 1. The van der Waals surface area contributed by atoms with Crippen LogP contribution in [0.2, 0.25) is 0 Å². The van der Waals surface area contributed by atoms with Crippen molar-refractivity contribution in [3.8, 4) is 5.75 Å². The molecule has 1 aromatic heterocycles. The second-order valence-corrected chi connectivity index (χ2v) is 16.0. The molecule has 1 atom stereocenters. The summed E-state index contributed by atoms with van der Waals surface area (Å²) in [5.74, 6) is 1.55. The Morgan fingerprint density at radius 2 is 1.67 bits per heavy atom. The monoisotopic (exact) mass is 711 g/mol. The first-order valence-electron chi connectivity index (χ1n) is 18.3. The van der Waals surface area contributed by atoms with E-state index in [4.69, 9.17) is 4.74 Å². The zero-order valence-corrected chi connectivity index (χ0v) is 32.5. The quantitative estimate of drug-likeness (QED) is 0.0868. The average Bonchev–Trinajstić information content (AvgIpc) is 3.60. The molecule has 1 saturated heterocycles. The van der Waals surface area contributed by atoms with Crippen LogP contribution < -0.4 is 10.1 Å². The standard InChI is InChI=1S/C42H57N5O3S/c1-9-10-11-12-13-24-50-35-20-18-33(19-21-35)30(2)26-44-39(43-6)34-16-14-31(15-17-34)25-36(41(49)47-28-32(29-47)27-46(7)8)45-40(48)37-22-23-38(51-37)42(3,4)5/h14-23,26,32,36H,6,9-13,24-25,27-29H2,1-5,7-8H3,(H,45,48)/b30-26+,44-39-/t36-/m0/s1. The zero-order chi connectivity index (χ0) is 37.0. The number of amides is 2. The van der Waals surface area contributed by atoms with Gasteiger partial charge in [-0.1, -0.05) is 89.8 Å². The molecule has 2 heterocycles. The Labute approximate surface area is 309 Å². The Balaban J connectivity index is 1.41. The highest BCUT2D eigenvalue weighted by Gasteiger charge is 2.35. The number of benzene rings is 2. The van der Waals surface area contributed by atoms with E-state index in [0.717, 1.165) is 52.5 Å². The number of likely N-dealkylation sites (tertiary alicyclic amines) is 1. The number of hydrogen-bond donors (Lipinski definition) is 1. The van der Waals surface area contributed by atoms with Gasteiger partial charge in [-0.25, -0.2) is 9.98 Å². The van der Waals surface area contributed by atoms with E-state index in [9.17, 15) is 9.59 Å². The number of allylic oxidation sites excluding steroid dienone is 1. The zero-order valence-electron chi connectivity index (χ0n) is 31.7.